The Hall–Kier alpha value is -3.41. The number of ether oxygens (including phenoxy) is 1. The molecule has 6 heteroatoms. The number of amides is 1. The summed E-state index contributed by atoms with van der Waals surface area (Å²) in [6.07, 6.45) is 7.04. The zero-order valence-electron chi connectivity index (χ0n) is 17.0. The summed E-state index contributed by atoms with van der Waals surface area (Å²) in [6, 6.07) is 17.7. The smallest absolute Gasteiger partial charge is 0.244 e. The Balaban J connectivity index is 1.35. The summed E-state index contributed by atoms with van der Waals surface area (Å²) in [6.45, 7) is 2.28. The molecule has 1 N–H and O–H groups in total. The molecule has 1 aliphatic carbocycles. The van der Waals surface area contributed by atoms with Gasteiger partial charge < -0.3 is 14.6 Å². The molecule has 4 rings (SSSR count). The minimum Gasteiger partial charge on any atom is -0.489 e. The maximum absolute atomic E-state index is 12.6. The maximum Gasteiger partial charge on any atom is 0.244 e. The van der Waals surface area contributed by atoms with Gasteiger partial charge in [-0.1, -0.05) is 60.5 Å². The number of nitrogens with one attached hydrogen (secondary N) is 1. The van der Waals surface area contributed by atoms with Crippen molar-refractivity contribution in [1.82, 2.24) is 15.5 Å². The van der Waals surface area contributed by atoms with Crippen LogP contribution in [-0.2, 0) is 16.9 Å². The molecular weight excluding hydrogens is 378 g/mol. The van der Waals surface area contributed by atoms with E-state index in [4.69, 9.17) is 9.26 Å². The quantitative estimate of drug-likeness (QED) is 0.586. The van der Waals surface area contributed by atoms with Gasteiger partial charge >= 0.3 is 0 Å². The van der Waals surface area contributed by atoms with E-state index in [1.807, 2.05) is 54.6 Å². The van der Waals surface area contributed by atoms with Crippen molar-refractivity contribution in [2.75, 3.05) is 0 Å². The molecule has 0 aliphatic heterocycles. The Morgan fingerprint density at radius 3 is 2.53 bits per heavy atom. The topological polar surface area (TPSA) is 77.2 Å². The minimum absolute atomic E-state index is 0.163. The lowest BCUT2D eigenvalue weighted by Gasteiger charge is -2.25. The van der Waals surface area contributed by atoms with Crippen LogP contribution in [0.4, 0.5) is 0 Å². The van der Waals surface area contributed by atoms with Gasteiger partial charge in [0.05, 0.1) is 0 Å². The van der Waals surface area contributed by atoms with Crippen LogP contribution in [0.15, 0.2) is 65.2 Å². The van der Waals surface area contributed by atoms with Gasteiger partial charge in [0.2, 0.25) is 11.8 Å². The molecule has 1 heterocycles. The van der Waals surface area contributed by atoms with E-state index in [2.05, 4.69) is 15.5 Å². The van der Waals surface area contributed by atoms with Gasteiger partial charge in [-0.2, -0.15) is 4.98 Å². The normalized spacial score (nSPS) is 15.4. The summed E-state index contributed by atoms with van der Waals surface area (Å²) in [5.74, 6) is 1.71. The van der Waals surface area contributed by atoms with Crippen molar-refractivity contribution in [2.45, 2.75) is 44.8 Å². The maximum atomic E-state index is 12.6. The number of nitrogens with zero attached hydrogens (tertiary/aromatic N) is 2. The highest BCUT2D eigenvalue weighted by Gasteiger charge is 2.40. The van der Waals surface area contributed by atoms with Crippen LogP contribution in [0.25, 0.3) is 6.08 Å². The first-order valence-electron chi connectivity index (χ1n) is 10.2. The van der Waals surface area contributed by atoms with Gasteiger partial charge in [-0.3, -0.25) is 4.79 Å². The van der Waals surface area contributed by atoms with Gasteiger partial charge in [0.15, 0.2) is 5.82 Å². The number of carbonyl (C=O) groups is 1. The Morgan fingerprint density at radius 1 is 1.13 bits per heavy atom. The monoisotopic (exact) mass is 403 g/mol. The summed E-state index contributed by atoms with van der Waals surface area (Å²) < 4.78 is 10.9. The van der Waals surface area contributed by atoms with Crippen molar-refractivity contribution in [3.63, 3.8) is 0 Å². The molecule has 3 aromatic rings. The van der Waals surface area contributed by atoms with E-state index in [9.17, 15) is 4.79 Å². The predicted octanol–water partition coefficient (Wildman–Crippen LogP) is 4.56. The molecule has 154 valence electrons. The van der Waals surface area contributed by atoms with Crippen molar-refractivity contribution in [2.24, 2.45) is 0 Å². The molecule has 1 amide bonds. The molecule has 0 saturated heterocycles. The van der Waals surface area contributed by atoms with Gasteiger partial charge in [-0.25, -0.2) is 0 Å². The first-order valence-corrected chi connectivity index (χ1v) is 10.2. The molecule has 1 aromatic heterocycles. The molecule has 30 heavy (non-hydrogen) atoms. The van der Waals surface area contributed by atoms with E-state index >= 15 is 0 Å². The second-order valence-electron chi connectivity index (χ2n) is 7.59. The molecule has 1 aliphatic rings. The van der Waals surface area contributed by atoms with Crippen LogP contribution in [0.2, 0.25) is 0 Å². The summed E-state index contributed by atoms with van der Waals surface area (Å²) in [4.78, 5) is 16.9. The number of hydrogen-bond donors (Lipinski definition) is 1. The average molecular weight is 403 g/mol. The van der Waals surface area contributed by atoms with E-state index < -0.39 is 5.54 Å². The minimum atomic E-state index is -0.533. The Bertz CT molecular complexity index is 1000. The lowest BCUT2D eigenvalue weighted by molar-refractivity contribution is -0.118. The van der Waals surface area contributed by atoms with Crippen LogP contribution < -0.4 is 10.1 Å². The molecule has 0 spiro atoms. The predicted molar refractivity (Wildman–Crippen MR) is 114 cm³/mol. The summed E-state index contributed by atoms with van der Waals surface area (Å²) in [7, 11) is 0. The van der Waals surface area contributed by atoms with Gasteiger partial charge in [-0.15, -0.1) is 0 Å². The molecule has 0 bridgehead atoms. The summed E-state index contributed by atoms with van der Waals surface area (Å²) >= 11 is 0. The molecule has 0 radical (unpaired) electrons. The molecule has 0 atom stereocenters. The third kappa shape index (κ3) is 4.76. The number of benzene rings is 2. The van der Waals surface area contributed by atoms with Gasteiger partial charge in [0.1, 0.15) is 17.9 Å². The first-order chi connectivity index (χ1) is 14.6. The standard InChI is InChI=1S/C24H25N3O3/c1-18-25-23(27-30-18)24(15-5-6-16-24)26-22(28)14-11-19-9-12-21(13-10-19)29-17-20-7-3-2-4-8-20/h2-4,7-14H,5-6,15-17H2,1H3,(H,26,28)/b14-11+. The highest BCUT2D eigenvalue weighted by molar-refractivity contribution is 5.92. The fourth-order valence-electron chi connectivity index (χ4n) is 3.74. The van der Waals surface area contributed by atoms with Crippen molar-refractivity contribution < 1.29 is 14.1 Å². The summed E-state index contributed by atoms with van der Waals surface area (Å²) in [5, 5.41) is 7.16. The average Bonchev–Trinajstić information content (AvgIpc) is 3.42. The molecular formula is C24H25N3O3. The van der Waals surface area contributed by atoms with Gasteiger partial charge in [-0.05, 0) is 42.2 Å². The zero-order valence-corrected chi connectivity index (χ0v) is 17.0. The van der Waals surface area contributed by atoms with E-state index in [0.717, 1.165) is 42.6 Å². The Labute approximate surface area is 176 Å². The number of aryl methyl sites for hydroxylation is 1. The van der Waals surface area contributed by atoms with Crippen LogP contribution in [-0.4, -0.2) is 16.0 Å². The van der Waals surface area contributed by atoms with Gasteiger partial charge in [0.25, 0.3) is 0 Å². The van der Waals surface area contributed by atoms with E-state index in [0.29, 0.717) is 18.3 Å². The lowest BCUT2D eigenvalue weighted by Crippen LogP contribution is -2.44. The number of carbonyl (C=O) groups excluding carboxylic acids is 1. The lowest BCUT2D eigenvalue weighted by atomic mass is 9.96. The molecule has 1 fully saturated rings. The zero-order chi connectivity index (χ0) is 20.8. The second-order valence-corrected chi connectivity index (χ2v) is 7.59. The van der Waals surface area contributed by atoms with Crippen molar-refractivity contribution in [1.29, 1.82) is 0 Å². The fourth-order valence-corrected chi connectivity index (χ4v) is 3.74. The number of rotatable bonds is 7. The third-order valence-corrected chi connectivity index (χ3v) is 5.33. The first kappa shape index (κ1) is 19.9. The number of aromatic nitrogens is 2. The van der Waals surface area contributed by atoms with E-state index in [1.54, 1.807) is 19.1 Å². The number of hydrogen-bond acceptors (Lipinski definition) is 5. The summed E-state index contributed by atoms with van der Waals surface area (Å²) in [5.41, 5.74) is 1.51. The van der Waals surface area contributed by atoms with Crippen molar-refractivity contribution in [3.8, 4) is 5.75 Å². The van der Waals surface area contributed by atoms with Crippen LogP contribution in [0.3, 0.4) is 0 Å². The Kier molecular flexibility index (Phi) is 5.93. The second kappa shape index (κ2) is 8.95. The highest BCUT2D eigenvalue weighted by Crippen LogP contribution is 2.37. The van der Waals surface area contributed by atoms with Crippen molar-refractivity contribution >= 4 is 12.0 Å². The highest BCUT2D eigenvalue weighted by atomic mass is 16.5. The Morgan fingerprint density at radius 2 is 1.87 bits per heavy atom. The van der Waals surface area contributed by atoms with E-state index in [1.165, 1.54) is 0 Å². The molecule has 6 nitrogen and oxygen atoms in total. The molecule has 0 unspecified atom stereocenters. The van der Waals surface area contributed by atoms with Crippen molar-refractivity contribution in [3.05, 3.63) is 83.5 Å². The molecule has 2 aromatic carbocycles. The SMILES string of the molecule is Cc1nc(C2(NC(=O)/C=C/c3ccc(OCc4ccccc4)cc3)CCCC2)no1. The third-order valence-electron chi connectivity index (χ3n) is 5.33. The van der Waals surface area contributed by atoms with Crippen LogP contribution in [0.1, 0.15) is 48.5 Å². The van der Waals surface area contributed by atoms with Crippen LogP contribution >= 0.6 is 0 Å². The van der Waals surface area contributed by atoms with Crippen LogP contribution in [0, 0.1) is 6.92 Å². The van der Waals surface area contributed by atoms with E-state index in [-0.39, 0.29) is 5.91 Å². The largest absolute Gasteiger partial charge is 0.489 e. The van der Waals surface area contributed by atoms with Crippen LogP contribution in [0.5, 0.6) is 5.75 Å². The molecule has 1 saturated carbocycles. The fraction of sp³-hybridized carbons (Fsp3) is 0.292. The van der Waals surface area contributed by atoms with Gasteiger partial charge in [0, 0.05) is 13.0 Å².